The number of fused-ring (bicyclic) bond motifs is 6. The van der Waals surface area contributed by atoms with Gasteiger partial charge in [-0.15, -0.1) is 0 Å². The van der Waals surface area contributed by atoms with Crippen molar-refractivity contribution in [3.8, 4) is 33.6 Å². The van der Waals surface area contributed by atoms with E-state index in [9.17, 15) is 0 Å². The monoisotopic (exact) mass is 818 g/mol. The van der Waals surface area contributed by atoms with E-state index in [1.165, 1.54) is 86.6 Å². The molecule has 0 aliphatic carbocycles. The summed E-state index contributed by atoms with van der Waals surface area (Å²) in [5.74, 6) is 0. The predicted octanol–water partition coefficient (Wildman–Crippen LogP) is 12.6. The first-order valence-corrected chi connectivity index (χ1v) is 23.8. The van der Waals surface area contributed by atoms with Crippen LogP contribution in [-0.2, 0) is 0 Å². The molecule has 0 unspecified atom stereocenters. The molecule has 0 amide bonds. The molecule has 0 spiro atoms. The lowest BCUT2D eigenvalue weighted by Gasteiger charge is -2.35. The molecule has 3 heteroatoms. The molecule has 0 fully saturated rings. The van der Waals surface area contributed by atoms with Gasteiger partial charge >= 0.3 is 0 Å². The van der Waals surface area contributed by atoms with Crippen molar-refractivity contribution < 1.29 is 0 Å². The van der Waals surface area contributed by atoms with Crippen LogP contribution in [0.2, 0.25) is 0 Å². The Balaban J connectivity index is 1.17. The van der Waals surface area contributed by atoms with E-state index in [1.54, 1.807) is 0 Å². The van der Waals surface area contributed by atoms with E-state index in [0.29, 0.717) is 0 Å². The first-order chi connectivity index (χ1) is 31.3. The van der Waals surface area contributed by atoms with E-state index in [4.69, 9.17) is 0 Å². The van der Waals surface area contributed by atoms with Crippen LogP contribution < -0.4 is 20.7 Å². The molecule has 2 aromatic heterocycles. The fourth-order valence-electron chi connectivity index (χ4n) is 10.4. The van der Waals surface area contributed by atoms with E-state index < -0.39 is 8.07 Å². The third-order valence-corrected chi connectivity index (χ3v) is 17.9. The minimum atomic E-state index is -3.01. The largest absolute Gasteiger partial charge is 0.309 e. The van der Waals surface area contributed by atoms with Crippen molar-refractivity contribution in [3.63, 3.8) is 0 Å². The number of benzene rings is 10. The number of para-hydroxylation sites is 3. The van der Waals surface area contributed by atoms with Crippen LogP contribution in [0.1, 0.15) is 0 Å². The van der Waals surface area contributed by atoms with Crippen LogP contribution in [0.5, 0.6) is 0 Å². The van der Waals surface area contributed by atoms with E-state index in [2.05, 4.69) is 264 Å². The lowest BCUT2D eigenvalue weighted by molar-refractivity contribution is 1.16. The van der Waals surface area contributed by atoms with Crippen LogP contribution in [0, 0.1) is 0 Å². The highest BCUT2D eigenvalue weighted by Gasteiger charge is 2.43. The average Bonchev–Trinajstić information content (AvgIpc) is 3.88. The molecule has 12 rings (SSSR count). The van der Waals surface area contributed by atoms with E-state index in [1.807, 2.05) is 0 Å². The predicted molar refractivity (Wildman–Crippen MR) is 270 cm³/mol. The van der Waals surface area contributed by atoms with Gasteiger partial charge < -0.3 is 9.13 Å². The summed E-state index contributed by atoms with van der Waals surface area (Å²) in [7, 11) is -3.01. The van der Waals surface area contributed by atoms with Gasteiger partial charge in [-0.2, -0.15) is 0 Å². The maximum absolute atomic E-state index is 3.01. The maximum Gasteiger partial charge on any atom is 0.180 e. The van der Waals surface area contributed by atoms with Crippen molar-refractivity contribution in [2.24, 2.45) is 0 Å². The lowest BCUT2D eigenvalue weighted by atomic mass is 10.0. The average molecular weight is 819 g/mol. The topological polar surface area (TPSA) is 9.86 Å². The first-order valence-electron chi connectivity index (χ1n) is 21.8. The fraction of sp³-hybridized carbons (Fsp3) is 0. The van der Waals surface area contributed by atoms with Crippen LogP contribution in [0.25, 0.3) is 77.2 Å². The third kappa shape index (κ3) is 5.85. The van der Waals surface area contributed by atoms with Crippen molar-refractivity contribution in [1.29, 1.82) is 0 Å². The summed E-state index contributed by atoms with van der Waals surface area (Å²) in [5.41, 5.74) is 11.9. The second kappa shape index (κ2) is 15.2. The molecule has 0 saturated carbocycles. The van der Waals surface area contributed by atoms with Crippen LogP contribution in [0.3, 0.4) is 0 Å². The minimum Gasteiger partial charge on any atom is -0.309 e. The van der Waals surface area contributed by atoms with Crippen molar-refractivity contribution in [2.45, 2.75) is 0 Å². The number of hydrogen-bond acceptors (Lipinski definition) is 0. The Morgan fingerprint density at radius 3 is 1.51 bits per heavy atom. The number of nitrogens with zero attached hydrogens (tertiary/aromatic N) is 2. The highest BCUT2D eigenvalue weighted by molar-refractivity contribution is 7.20. The van der Waals surface area contributed by atoms with E-state index >= 15 is 0 Å². The summed E-state index contributed by atoms with van der Waals surface area (Å²) >= 11 is 0. The maximum atomic E-state index is 2.51. The molecule has 0 aliphatic rings. The Hall–Kier alpha value is -7.98. The Bertz CT molecular complexity index is 3570. The zero-order valence-corrected chi connectivity index (χ0v) is 35.6. The summed E-state index contributed by atoms with van der Waals surface area (Å²) in [5, 5.41) is 10.5. The molecule has 10 aromatic carbocycles. The molecule has 0 radical (unpaired) electrons. The summed E-state index contributed by atoms with van der Waals surface area (Å²) in [6.45, 7) is 0. The summed E-state index contributed by atoms with van der Waals surface area (Å²) < 4.78 is 4.98. The molecular weight excluding hydrogens is 777 g/mol. The molecule has 0 saturated heterocycles. The molecule has 0 N–H and O–H groups in total. The van der Waals surface area contributed by atoms with Gasteiger partial charge in [-0.1, -0.05) is 218 Å². The number of hydrogen-bond donors (Lipinski definition) is 0. The highest BCUT2D eigenvalue weighted by atomic mass is 28.3. The molecule has 0 atom stereocenters. The highest BCUT2D eigenvalue weighted by Crippen LogP contribution is 2.39. The quantitative estimate of drug-likeness (QED) is 0.107. The Kier molecular flexibility index (Phi) is 8.87. The van der Waals surface area contributed by atoms with Crippen molar-refractivity contribution in [3.05, 3.63) is 255 Å². The SMILES string of the molecule is c1ccc(-c2cccc([Si](c3ccccc3)(c3ccccc3)c3cccc4c3c3ccccc3n4-c3ccc4c5ccccc5n(-c5ccccc5-c5ccccc5)c4c3)c2)cc1. The van der Waals surface area contributed by atoms with Gasteiger partial charge in [0.25, 0.3) is 0 Å². The summed E-state index contributed by atoms with van der Waals surface area (Å²) in [6.07, 6.45) is 0. The first kappa shape index (κ1) is 36.8. The molecule has 296 valence electrons. The van der Waals surface area contributed by atoms with Gasteiger partial charge in [-0.05, 0) is 73.8 Å². The third-order valence-electron chi connectivity index (χ3n) is 13.1. The standard InChI is InChI=1S/C60H42N2Si/c1-5-21-43(22-6-1)45-25-19-30-49(41-45)63(47-26-9-3-10-27-47,48-28-11-4-12-29-48)59-38-20-37-57-60(59)53-33-15-18-36-56(53)61(57)46-39-40-52-51-32-14-17-35-55(51)62(58(52)42-46)54-34-16-13-31-50(54)44-23-7-2-8-24-44/h1-42H. The molecule has 2 heterocycles. The second-order valence-corrected chi connectivity index (χ2v) is 20.2. The zero-order valence-electron chi connectivity index (χ0n) is 34.6. The van der Waals surface area contributed by atoms with Gasteiger partial charge in [0.15, 0.2) is 8.07 Å². The van der Waals surface area contributed by atoms with Crippen LogP contribution >= 0.6 is 0 Å². The van der Waals surface area contributed by atoms with Gasteiger partial charge in [0, 0.05) is 32.8 Å². The summed E-state index contributed by atoms with van der Waals surface area (Å²) in [4.78, 5) is 0. The Morgan fingerprint density at radius 1 is 0.286 bits per heavy atom. The molecule has 0 bridgehead atoms. The second-order valence-electron chi connectivity index (χ2n) is 16.4. The van der Waals surface area contributed by atoms with Gasteiger partial charge in [0.2, 0.25) is 0 Å². The van der Waals surface area contributed by atoms with E-state index in [-0.39, 0.29) is 0 Å². The molecular formula is C60H42N2Si. The minimum absolute atomic E-state index is 1.13. The van der Waals surface area contributed by atoms with Gasteiger partial charge in [-0.25, -0.2) is 0 Å². The fourth-order valence-corrected chi connectivity index (χ4v) is 15.4. The van der Waals surface area contributed by atoms with Crippen LogP contribution in [0.4, 0.5) is 0 Å². The number of rotatable bonds is 8. The summed E-state index contributed by atoms with van der Waals surface area (Å²) in [6, 6.07) is 94.4. The van der Waals surface area contributed by atoms with E-state index in [0.717, 1.165) is 11.4 Å². The van der Waals surface area contributed by atoms with Crippen molar-refractivity contribution in [1.82, 2.24) is 9.13 Å². The van der Waals surface area contributed by atoms with Gasteiger partial charge in [0.1, 0.15) is 0 Å². The molecule has 12 aromatic rings. The molecule has 0 aliphatic heterocycles. The Labute approximate surface area is 368 Å². The van der Waals surface area contributed by atoms with Crippen molar-refractivity contribution in [2.75, 3.05) is 0 Å². The lowest BCUT2D eigenvalue weighted by Crippen LogP contribution is -2.74. The van der Waals surface area contributed by atoms with Crippen LogP contribution in [-0.4, -0.2) is 17.2 Å². The molecule has 2 nitrogen and oxygen atoms in total. The normalized spacial score (nSPS) is 11.8. The Morgan fingerprint density at radius 2 is 0.794 bits per heavy atom. The van der Waals surface area contributed by atoms with Gasteiger partial charge in [0.05, 0.1) is 27.8 Å². The van der Waals surface area contributed by atoms with Crippen molar-refractivity contribution >= 4 is 72.4 Å². The smallest absolute Gasteiger partial charge is 0.180 e. The van der Waals surface area contributed by atoms with Gasteiger partial charge in [-0.3, -0.25) is 0 Å². The molecule has 63 heavy (non-hydrogen) atoms. The zero-order chi connectivity index (χ0) is 41.7. The van der Waals surface area contributed by atoms with Crippen LogP contribution in [0.15, 0.2) is 255 Å². The number of aromatic nitrogens is 2.